The van der Waals surface area contributed by atoms with E-state index in [1.165, 1.54) is 25.7 Å². The summed E-state index contributed by atoms with van der Waals surface area (Å²) in [5.41, 5.74) is 6.22. The Morgan fingerprint density at radius 3 is 2.80 bits per heavy atom. The van der Waals surface area contributed by atoms with Crippen molar-refractivity contribution in [1.29, 1.82) is 0 Å². The van der Waals surface area contributed by atoms with Gasteiger partial charge in [0.15, 0.2) is 0 Å². The van der Waals surface area contributed by atoms with Crippen molar-refractivity contribution < 1.29 is 4.79 Å². The van der Waals surface area contributed by atoms with Crippen molar-refractivity contribution >= 4 is 27.7 Å². The maximum atomic E-state index is 12.2. The van der Waals surface area contributed by atoms with Crippen LogP contribution in [0.2, 0.25) is 0 Å². The monoisotopic (exact) mass is 339 g/mol. The maximum Gasteiger partial charge on any atom is 0.255 e. The molecular weight excluding hydrogens is 318 g/mol. The summed E-state index contributed by atoms with van der Waals surface area (Å²) < 4.78 is 0.767. The number of amides is 1. The number of nitrogens with two attached hydrogens (primary N) is 1. The summed E-state index contributed by atoms with van der Waals surface area (Å²) in [7, 11) is 0. The molecule has 110 valence electrons. The molecule has 0 atom stereocenters. The Labute approximate surface area is 128 Å². The predicted octanol–water partition coefficient (Wildman–Crippen LogP) is 3.52. The van der Waals surface area contributed by atoms with Gasteiger partial charge in [-0.05, 0) is 53.6 Å². The van der Waals surface area contributed by atoms with E-state index in [-0.39, 0.29) is 17.8 Å². The molecule has 1 aliphatic rings. The lowest BCUT2D eigenvalue weighted by Gasteiger charge is -2.29. The number of pyridine rings is 1. The van der Waals surface area contributed by atoms with E-state index in [0.717, 1.165) is 23.2 Å². The van der Waals surface area contributed by atoms with Crippen molar-refractivity contribution in [1.82, 2.24) is 10.3 Å². The van der Waals surface area contributed by atoms with Crippen molar-refractivity contribution in [2.75, 3.05) is 5.73 Å². The van der Waals surface area contributed by atoms with Gasteiger partial charge in [-0.15, -0.1) is 0 Å². The van der Waals surface area contributed by atoms with E-state index in [2.05, 4.69) is 33.2 Å². The number of carbonyl (C=O) groups excluding carboxylic acids is 1. The molecule has 1 heterocycles. The highest BCUT2D eigenvalue weighted by molar-refractivity contribution is 9.10. The molecule has 1 aromatic heterocycles. The third-order valence-corrected chi connectivity index (χ3v) is 4.44. The summed E-state index contributed by atoms with van der Waals surface area (Å²) in [6.45, 7) is 2.23. The van der Waals surface area contributed by atoms with Crippen LogP contribution >= 0.6 is 15.9 Å². The van der Waals surface area contributed by atoms with Crippen molar-refractivity contribution in [3.05, 3.63) is 22.3 Å². The van der Waals surface area contributed by atoms with E-state index in [9.17, 15) is 4.79 Å². The van der Waals surface area contributed by atoms with E-state index in [1.807, 2.05) is 0 Å². The van der Waals surface area contributed by atoms with Gasteiger partial charge in [0, 0.05) is 16.7 Å². The molecule has 0 aliphatic heterocycles. The van der Waals surface area contributed by atoms with Crippen molar-refractivity contribution in [3.63, 3.8) is 0 Å². The van der Waals surface area contributed by atoms with Crippen molar-refractivity contribution in [2.45, 2.75) is 51.5 Å². The number of hydrogen-bond donors (Lipinski definition) is 2. The van der Waals surface area contributed by atoms with E-state index in [1.54, 1.807) is 12.3 Å². The molecule has 1 aliphatic carbocycles. The Morgan fingerprint density at radius 1 is 1.45 bits per heavy atom. The minimum Gasteiger partial charge on any atom is -0.383 e. The minimum absolute atomic E-state index is 0.116. The van der Waals surface area contributed by atoms with Crippen LogP contribution in [-0.2, 0) is 0 Å². The zero-order valence-electron chi connectivity index (χ0n) is 11.9. The summed E-state index contributed by atoms with van der Waals surface area (Å²) in [5.74, 6) is 1.01. The molecule has 2 rings (SSSR count). The highest BCUT2D eigenvalue weighted by Crippen LogP contribution is 2.28. The number of halogens is 1. The van der Waals surface area contributed by atoms with Crippen LogP contribution in [0.1, 0.15) is 55.8 Å². The molecule has 5 heteroatoms. The molecule has 1 amide bonds. The summed E-state index contributed by atoms with van der Waals surface area (Å²) in [5, 5.41) is 3.09. The zero-order chi connectivity index (χ0) is 14.5. The standard InChI is InChI=1S/C15H22BrN3O/c1-2-3-10-4-6-12(7-5-10)19-15(20)13-8-11(16)9-18-14(13)17/h8-10,12H,2-7H2,1H3,(H2,17,18)(H,19,20). The number of anilines is 1. The lowest BCUT2D eigenvalue weighted by Crippen LogP contribution is -2.38. The Bertz CT molecular complexity index is 470. The van der Waals surface area contributed by atoms with Crippen LogP contribution in [-0.4, -0.2) is 16.9 Å². The van der Waals surface area contributed by atoms with Gasteiger partial charge in [-0.3, -0.25) is 4.79 Å². The quantitative estimate of drug-likeness (QED) is 0.881. The number of nitrogens with zero attached hydrogens (tertiary/aromatic N) is 1. The Balaban J connectivity index is 1.91. The molecule has 20 heavy (non-hydrogen) atoms. The lowest BCUT2D eigenvalue weighted by atomic mass is 9.83. The topological polar surface area (TPSA) is 68.0 Å². The van der Waals surface area contributed by atoms with Gasteiger partial charge < -0.3 is 11.1 Å². The molecule has 1 aromatic rings. The number of rotatable bonds is 4. The largest absolute Gasteiger partial charge is 0.383 e. The normalized spacial score (nSPS) is 22.5. The molecule has 0 saturated heterocycles. The summed E-state index contributed by atoms with van der Waals surface area (Å²) in [6.07, 6.45) is 8.72. The first kappa shape index (κ1) is 15.3. The Kier molecular flexibility index (Phi) is 5.40. The number of carbonyl (C=O) groups is 1. The number of nitrogens with one attached hydrogen (secondary N) is 1. The van der Waals surface area contributed by atoms with Gasteiger partial charge in [0.2, 0.25) is 0 Å². The predicted molar refractivity (Wildman–Crippen MR) is 84.5 cm³/mol. The number of aromatic nitrogens is 1. The average molecular weight is 340 g/mol. The average Bonchev–Trinajstić information content (AvgIpc) is 2.44. The van der Waals surface area contributed by atoms with Crippen LogP contribution in [0.15, 0.2) is 16.7 Å². The third-order valence-electron chi connectivity index (χ3n) is 4.01. The fraction of sp³-hybridized carbons (Fsp3) is 0.600. The first-order valence-corrected chi connectivity index (χ1v) is 8.11. The van der Waals surface area contributed by atoms with E-state index >= 15 is 0 Å². The molecule has 3 N–H and O–H groups in total. The third kappa shape index (κ3) is 3.95. The molecule has 1 saturated carbocycles. The highest BCUT2D eigenvalue weighted by atomic mass is 79.9. The summed E-state index contributed by atoms with van der Waals surface area (Å²) >= 11 is 3.32. The van der Waals surface area contributed by atoms with Crippen molar-refractivity contribution in [3.8, 4) is 0 Å². The van der Waals surface area contributed by atoms with E-state index in [0.29, 0.717) is 5.56 Å². The summed E-state index contributed by atoms with van der Waals surface area (Å²) in [6, 6.07) is 1.99. The SMILES string of the molecule is CCCC1CCC(NC(=O)c2cc(Br)cnc2N)CC1. The molecular formula is C15H22BrN3O. The van der Waals surface area contributed by atoms with Crippen LogP contribution in [0.5, 0.6) is 0 Å². The van der Waals surface area contributed by atoms with Crippen molar-refractivity contribution in [2.24, 2.45) is 5.92 Å². The smallest absolute Gasteiger partial charge is 0.255 e. The van der Waals surface area contributed by atoms with Crippen LogP contribution in [0, 0.1) is 5.92 Å². The van der Waals surface area contributed by atoms with Gasteiger partial charge in [0.1, 0.15) is 5.82 Å². The Hall–Kier alpha value is -1.10. The minimum atomic E-state index is -0.116. The van der Waals surface area contributed by atoms with Gasteiger partial charge in [0.25, 0.3) is 5.91 Å². The van der Waals surface area contributed by atoms with E-state index in [4.69, 9.17) is 5.73 Å². The van der Waals surface area contributed by atoms with Crippen LogP contribution in [0.3, 0.4) is 0 Å². The van der Waals surface area contributed by atoms with E-state index < -0.39 is 0 Å². The second-order valence-electron chi connectivity index (χ2n) is 5.57. The Morgan fingerprint density at radius 2 is 2.15 bits per heavy atom. The summed E-state index contributed by atoms with van der Waals surface area (Å²) in [4.78, 5) is 16.2. The first-order chi connectivity index (χ1) is 9.60. The molecule has 0 spiro atoms. The van der Waals surface area contributed by atoms with Gasteiger partial charge >= 0.3 is 0 Å². The maximum absolute atomic E-state index is 12.2. The molecule has 1 fully saturated rings. The molecule has 4 nitrogen and oxygen atoms in total. The second-order valence-corrected chi connectivity index (χ2v) is 6.48. The fourth-order valence-electron chi connectivity index (χ4n) is 2.90. The lowest BCUT2D eigenvalue weighted by molar-refractivity contribution is 0.0921. The van der Waals surface area contributed by atoms with Gasteiger partial charge in [-0.1, -0.05) is 19.8 Å². The second kappa shape index (κ2) is 7.07. The molecule has 0 unspecified atom stereocenters. The van der Waals surface area contributed by atoms with Crippen LogP contribution < -0.4 is 11.1 Å². The van der Waals surface area contributed by atoms with Gasteiger partial charge in [0.05, 0.1) is 5.56 Å². The first-order valence-electron chi connectivity index (χ1n) is 7.32. The fourth-order valence-corrected chi connectivity index (χ4v) is 3.23. The van der Waals surface area contributed by atoms with Gasteiger partial charge in [-0.2, -0.15) is 0 Å². The zero-order valence-corrected chi connectivity index (χ0v) is 13.4. The molecule has 0 radical (unpaired) electrons. The molecule has 0 aromatic carbocycles. The highest BCUT2D eigenvalue weighted by Gasteiger charge is 2.23. The van der Waals surface area contributed by atoms with Crippen LogP contribution in [0.4, 0.5) is 5.82 Å². The number of nitrogen functional groups attached to an aromatic ring is 1. The van der Waals surface area contributed by atoms with Crippen LogP contribution in [0.25, 0.3) is 0 Å². The number of hydrogen-bond acceptors (Lipinski definition) is 3. The van der Waals surface area contributed by atoms with Gasteiger partial charge in [-0.25, -0.2) is 4.98 Å². The molecule has 0 bridgehead atoms.